The van der Waals surface area contributed by atoms with Crippen LogP contribution in [0.15, 0.2) is 0 Å². The van der Waals surface area contributed by atoms with Gasteiger partial charge in [0, 0.05) is 13.0 Å². The van der Waals surface area contributed by atoms with Gasteiger partial charge < -0.3 is 15.7 Å². The average Bonchev–Trinajstić information content (AvgIpc) is 2.23. The van der Waals surface area contributed by atoms with Gasteiger partial charge in [-0.15, -0.1) is 12.3 Å². The van der Waals surface area contributed by atoms with E-state index in [1.54, 1.807) is 0 Å². The molecule has 0 aliphatic heterocycles. The zero-order chi connectivity index (χ0) is 14.3. The van der Waals surface area contributed by atoms with Crippen LogP contribution in [0.2, 0.25) is 0 Å². The van der Waals surface area contributed by atoms with Crippen molar-refractivity contribution in [1.82, 2.24) is 10.6 Å². The molecule has 0 aromatic carbocycles. The minimum Gasteiger partial charge on any atom is -0.480 e. The Balaban J connectivity index is 4.19. The summed E-state index contributed by atoms with van der Waals surface area (Å²) in [4.78, 5) is 22.3. The zero-order valence-corrected chi connectivity index (χ0v) is 11.4. The Kier molecular flexibility index (Phi) is 6.24. The number of carboxylic acid groups (broad SMARTS) is 1. The molecule has 102 valence electrons. The highest BCUT2D eigenvalue weighted by Crippen LogP contribution is 2.24. The molecule has 0 radical (unpaired) electrons. The molecule has 0 saturated carbocycles. The Morgan fingerprint density at radius 3 is 2.33 bits per heavy atom. The van der Waals surface area contributed by atoms with E-state index in [9.17, 15) is 9.59 Å². The molecular weight excluding hydrogens is 232 g/mol. The van der Waals surface area contributed by atoms with Gasteiger partial charge in [0.15, 0.2) is 0 Å². The minimum atomic E-state index is -1.13. The van der Waals surface area contributed by atoms with Gasteiger partial charge in [0.2, 0.25) is 0 Å². The van der Waals surface area contributed by atoms with Crippen LogP contribution in [0.3, 0.4) is 0 Å². The number of amides is 2. The molecule has 5 nitrogen and oxygen atoms in total. The molecule has 0 aromatic heterocycles. The quantitative estimate of drug-likeness (QED) is 0.650. The van der Waals surface area contributed by atoms with Gasteiger partial charge in [-0.05, 0) is 11.3 Å². The van der Waals surface area contributed by atoms with Gasteiger partial charge in [0.25, 0.3) is 0 Å². The third-order valence-corrected chi connectivity index (χ3v) is 2.97. The highest BCUT2D eigenvalue weighted by Gasteiger charge is 2.22. The van der Waals surface area contributed by atoms with E-state index in [1.807, 2.05) is 6.92 Å². The maximum absolute atomic E-state index is 11.5. The monoisotopic (exact) mass is 254 g/mol. The highest BCUT2D eigenvalue weighted by molar-refractivity contribution is 5.82. The van der Waals surface area contributed by atoms with Crippen molar-refractivity contribution in [3.63, 3.8) is 0 Å². The summed E-state index contributed by atoms with van der Waals surface area (Å²) in [6.07, 6.45) is 5.01. The van der Waals surface area contributed by atoms with Crippen LogP contribution in [-0.2, 0) is 4.79 Å². The summed E-state index contributed by atoms with van der Waals surface area (Å²) in [7, 11) is 0. The van der Waals surface area contributed by atoms with Crippen LogP contribution < -0.4 is 10.6 Å². The molecule has 5 heteroatoms. The zero-order valence-electron chi connectivity index (χ0n) is 11.4. The van der Waals surface area contributed by atoms with Crippen molar-refractivity contribution in [2.24, 2.45) is 11.3 Å². The normalized spacial score (nSPS) is 14.2. The van der Waals surface area contributed by atoms with E-state index in [4.69, 9.17) is 11.5 Å². The van der Waals surface area contributed by atoms with Crippen molar-refractivity contribution in [3.05, 3.63) is 0 Å². The standard InChI is InChI=1S/C13H22N2O3/c1-6-7-10(11(16)17)15-12(18)14-8-9(2)13(3,4)5/h1,9-10H,7-8H2,2-5H3,(H,16,17)(H2,14,15,18). The molecule has 18 heavy (non-hydrogen) atoms. The first-order chi connectivity index (χ1) is 8.18. The fraction of sp³-hybridized carbons (Fsp3) is 0.692. The summed E-state index contributed by atoms with van der Waals surface area (Å²) < 4.78 is 0. The predicted molar refractivity (Wildman–Crippen MR) is 70.0 cm³/mol. The topological polar surface area (TPSA) is 78.4 Å². The Morgan fingerprint density at radius 1 is 1.39 bits per heavy atom. The van der Waals surface area contributed by atoms with Crippen molar-refractivity contribution in [2.45, 2.75) is 40.2 Å². The van der Waals surface area contributed by atoms with Crippen LogP contribution in [0.25, 0.3) is 0 Å². The second kappa shape index (κ2) is 6.90. The first-order valence-corrected chi connectivity index (χ1v) is 5.89. The van der Waals surface area contributed by atoms with Crippen LogP contribution in [0.4, 0.5) is 4.79 Å². The number of hydrogen-bond acceptors (Lipinski definition) is 2. The van der Waals surface area contributed by atoms with Gasteiger partial charge in [-0.3, -0.25) is 0 Å². The summed E-state index contributed by atoms with van der Waals surface area (Å²) in [5.41, 5.74) is 0.0816. The Labute approximate surface area is 108 Å². The Bertz CT molecular complexity index is 339. The summed E-state index contributed by atoms with van der Waals surface area (Å²) in [6.45, 7) is 8.75. The molecule has 0 heterocycles. The van der Waals surface area contributed by atoms with Gasteiger partial charge in [0.1, 0.15) is 6.04 Å². The minimum absolute atomic E-state index is 0.0302. The lowest BCUT2D eigenvalue weighted by atomic mass is 9.82. The van der Waals surface area contributed by atoms with E-state index in [1.165, 1.54) is 0 Å². The summed E-state index contributed by atoms with van der Waals surface area (Å²) in [6, 6.07) is -1.55. The molecule has 0 aliphatic rings. The maximum atomic E-state index is 11.5. The molecule has 3 N–H and O–H groups in total. The van der Waals surface area contributed by atoms with Crippen molar-refractivity contribution >= 4 is 12.0 Å². The fourth-order valence-electron chi connectivity index (χ4n) is 1.08. The third-order valence-electron chi connectivity index (χ3n) is 2.97. The number of aliphatic carboxylic acids is 1. The van der Waals surface area contributed by atoms with Crippen LogP contribution in [0.1, 0.15) is 34.1 Å². The van der Waals surface area contributed by atoms with Crippen molar-refractivity contribution in [1.29, 1.82) is 0 Å². The number of carbonyl (C=O) groups is 2. The van der Waals surface area contributed by atoms with E-state index < -0.39 is 18.0 Å². The lowest BCUT2D eigenvalue weighted by Gasteiger charge is -2.27. The van der Waals surface area contributed by atoms with Crippen LogP contribution in [0.5, 0.6) is 0 Å². The second-order valence-corrected chi connectivity index (χ2v) is 5.42. The SMILES string of the molecule is C#CCC(NC(=O)NCC(C)C(C)(C)C)C(=O)O. The largest absolute Gasteiger partial charge is 0.480 e. The molecule has 0 aromatic rings. The van der Waals surface area contributed by atoms with Gasteiger partial charge in [0.05, 0.1) is 0 Å². The number of carboxylic acids is 1. The lowest BCUT2D eigenvalue weighted by molar-refractivity contribution is -0.139. The Morgan fingerprint density at radius 2 is 1.94 bits per heavy atom. The van der Waals surface area contributed by atoms with Gasteiger partial charge in [-0.1, -0.05) is 27.7 Å². The van der Waals surface area contributed by atoms with Crippen molar-refractivity contribution in [3.8, 4) is 12.3 Å². The molecule has 0 fully saturated rings. The van der Waals surface area contributed by atoms with E-state index >= 15 is 0 Å². The number of urea groups is 1. The van der Waals surface area contributed by atoms with E-state index in [2.05, 4.69) is 37.3 Å². The molecule has 0 bridgehead atoms. The highest BCUT2D eigenvalue weighted by atomic mass is 16.4. The summed E-state index contributed by atoms with van der Waals surface area (Å²) in [5, 5.41) is 13.8. The molecular formula is C13H22N2O3. The third kappa shape index (κ3) is 6.14. The average molecular weight is 254 g/mol. The lowest BCUT2D eigenvalue weighted by Crippen LogP contribution is -2.47. The van der Waals surface area contributed by atoms with E-state index in [-0.39, 0.29) is 17.8 Å². The van der Waals surface area contributed by atoms with Gasteiger partial charge in [-0.2, -0.15) is 0 Å². The summed E-state index contributed by atoms with van der Waals surface area (Å²) in [5.74, 6) is 1.36. The van der Waals surface area contributed by atoms with Crippen LogP contribution in [-0.4, -0.2) is 29.7 Å². The summed E-state index contributed by atoms with van der Waals surface area (Å²) >= 11 is 0. The molecule has 2 unspecified atom stereocenters. The number of hydrogen-bond donors (Lipinski definition) is 3. The molecule has 0 spiro atoms. The number of carbonyl (C=O) groups excluding carboxylic acids is 1. The van der Waals surface area contributed by atoms with Crippen LogP contribution in [0, 0.1) is 23.7 Å². The fourth-order valence-corrected chi connectivity index (χ4v) is 1.08. The first kappa shape index (κ1) is 16.3. The predicted octanol–water partition coefficient (Wildman–Crippen LogP) is 1.44. The van der Waals surface area contributed by atoms with Gasteiger partial charge >= 0.3 is 12.0 Å². The number of rotatable bonds is 5. The van der Waals surface area contributed by atoms with Crippen molar-refractivity contribution in [2.75, 3.05) is 6.54 Å². The second-order valence-electron chi connectivity index (χ2n) is 5.42. The molecule has 0 rings (SSSR count). The molecule has 0 saturated heterocycles. The maximum Gasteiger partial charge on any atom is 0.327 e. The van der Waals surface area contributed by atoms with Crippen LogP contribution >= 0.6 is 0 Å². The number of nitrogens with one attached hydrogen (secondary N) is 2. The Hall–Kier alpha value is -1.70. The first-order valence-electron chi connectivity index (χ1n) is 5.89. The number of terminal acetylenes is 1. The van der Waals surface area contributed by atoms with Crippen molar-refractivity contribution < 1.29 is 14.7 Å². The van der Waals surface area contributed by atoms with E-state index in [0.717, 1.165) is 0 Å². The molecule has 0 aliphatic carbocycles. The molecule has 2 amide bonds. The van der Waals surface area contributed by atoms with Gasteiger partial charge in [-0.25, -0.2) is 9.59 Å². The molecule has 2 atom stereocenters. The van der Waals surface area contributed by atoms with E-state index in [0.29, 0.717) is 6.54 Å². The smallest absolute Gasteiger partial charge is 0.327 e.